The Kier molecular flexibility index (Phi) is 8.30. The van der Waals surface area contributed by atoms with Gasteiger partial charge in [-0.2, -0.15) is 0 Å². The summed E-state index contributed by atoms with van der Waals surface area (Å²) in [7, 11) is 1.61. The van der Waals surface area contributed by atoms with Gasteiger partial charge in [-0.05, 0) is 49.1 Å². The van der Waals surface area contributed by atoms with Gasteiger partial charge in [-0.3, -0.25) is 9.69 Å². The van der Waals surface area contributed by atoms with Crippen LogP contribution in [0.4, 0.5) is 0 Å². The highest BCUT2D eigenvalue weighted by Crippen LogP contribution is 2.29. The van der Waals surface area contributed by atoms with Crippen molar-refractivity contribution in [3.8, 4) is 11.5 Å². The number of carbonyl (C=O) groups is 1. The zero-order valence-electron chi connectivity index (χ0n) is 17.8. The molecule has 0 aliphatic carbocycles. The van der Waals surface area contributed by atoms with E-state index in [-0.39, 0.29) is 18.1 Å². The van der Waals surface area contributed by atoms with Crippen molar-refractivity contribution in [2.45, 2.75) is 26.0 Å². The monoisotopic (exact) mass is 430 g/mol. The number of methoxy groups -OCH3 is 1. The first-order valence-electron chi connectivity index (χ1n) is 10.2. The molecule has 162 valence electrons. The van der Waals surface area contributed by atoms with Crippen molar-refractivity contribution in [1.29, 1.82) is 0 Å². The number of carbonyl (C=O) groups excluding carboxylic acids is 1. The number of hydrogen-bond acceptors (Lipinski definition) is 6. The number of nitrogens with one attached hydrogen (secondary N) is 1. The molecule has 1 atom stereocenters. The van der Waals surface area contributed by atoms with Crippen molar-refractivity contribution >= 4 is 23.3 Å². The van der Waals surface area contributed by atoms with Gasteiger partial charge >= 0.3 is 0 Å². The van der Waals surface area contributed by atoms with Gasteiger partial charge in [0.05, 0.1) is 32.5 Å². The summed E-state index contributed by atoms with van der Waals surface area (Å²) in [5, 5.41) is 5.12. The number of hydrogen-bond donors (Lipinski definition) is 1. The fraction of sp³-hybridized carbons (Fsp3) is 0.435. The zero-order chi connectivity index (χ0) is 21.3. The molecule has 1 saturated heterocycles. The predicted octanol–water partition coefficient (Wildman–Crippen LogP) is 3.75. The summed E-state index contributed by atoms with van der Waals surface area (Å²) in [5.74, 6) is 1.22. The van der Waals surface area contributed by atoms with Crippen LogP contribution in [0, 0.1) is 0 Å². The largest absolute Gasteiger partial charge is 0.493 e. The second-order valence-corrected chi connectivity index (χ2v) is 8.31. The van der Waals surface area contributed by atoms with E-state index in [1.54, 1.807) is 30.6 Å². The third-order valence-electron chi connectivity index (χ3n) is 4.81. The molecule has 0 radical (unpaired) electrons. The highest BCUT2D eigenvalue weighted by molar-refractivity contribution is 7.10. The highest BCUT2D eigenvalue weighted by Gasteiger charge is 2.23. The van der Waals surface area contributed by atoms with Crippen molar-refractivity contribution < 1.29 is 19.0 Å². The van der Waals surface area contributed by atoms with Crippen LogP contribution in [0.2, 0.25) is 0 Å². The topological polar surface area (TPSA) is 60.0 Å². The zero-order valence-corrected chi connectivity index (χ0v) is 18.6. The van der Waals surface area contributed by atoms with E-state index >= 15 is 0 Å². The normalized spacial score (nSPS) is 16.0. The fourth-order valence-electron chi connectivity index (χ4n) is 3.35. The summed E-state index contributed by atoms with van der Waals surface area (Å²) in [5.41, 5.74) is 0.876. The number of ether oxygens (including phenoxy) is 3. The molecule has 1 N–H and O–H groups in total. The second-order valence-electron chi connectivity index (χ2n) is 7.33. The Morgan fingerprint density at radius 1 is 1.27 bits per heavy atom. The van der Waals surface area contributed by atoms with Gasteiger partial charge < -0.3 is 19.5 Å². The molecule has 0 saturated carbocycles. The number of rotatable bonds is 9. The summed E-state index contributed by atoms with van der Waals surface area (Å²) in [4.78, 5) is 16.1. The molecule has 0 bridgehead atoms. The average Bonchev–Trinajstić information content (AvgIpc) is 3.28. The minimum atomic E-state index is -0.119. The first kappa shape index (κ1) is 22.3. The van der Waals surface area contributed by atoms with Gasteiger partial charge in [0.1, 0.15) is 0 Å². The molecule has 0 spiro atoms. The molecule has 2 heterocycles. The Morgan fingerprint density at radius 2 is 2.07 bits per heavy atom. The maximum absolute atomic E-state index is 12.4. The van der Waals surface area contributed by atoms with E-state index in [4.69, 9.17) is 14.2 Å². The minimum Gasteiger partial charge on any atom is -0.493 e. The van der Waals surface area contributed by atoms with Gasteiger partial charge in [0.25, 0.3) is 0 Å². The molecular formula is C23H30N2O4S. The molecule has 1 aliphatic rings. The summed E-state index contributed by atoms with van der Waals surface area (Å²) in [6.45, 7) is 7.71. The first-order valence-corrected chi connectivity index (χ1v) is 11.1. The Balaban J connectivity index is 1.60. The first-order chi connectivity index (χ1) is 14.6. The molecule has 7 heteroatoms. The number of morpholine rings is 1. The van der Waals surface area contributed by atoms with E-state index in [1.165, 1.54) is 4.88 Å². The second kappa shape index (κ2) is 11.2. The summed E-state index contributed by atoms with van der Waals surface area (Å²) in [6, 6.07) is 9.98. The number of thiophene rings is 1. The van der Waals surface area contributed by atoms with Gasteiger partial charge in [-0.1, -0.05) is 12.1 Å². The van der Waals surface area contributed by atoms with Gasteiger partial charge in [-0.15, -0.1) is 11.3 Å². The molecule has 1 fully saturated rings. The third kappa shape index (κ3) is 6.32. The van der Waals surface area contributed by atoms with Crippen molar-refractivity contribution in [2.75, 3.05) is 40.0 Å². The van der Waals surface area contributed by atoms with Crippen LogP contribution in [0.25, 0.3) is 6.08 Å². The van der Waals surface area contributed by atoms with Crippen molar-refractivity contribution in [2.24, 2.45) is 0 Å². The van der Waals surface area contributed by atoms with Crippen molar-refractivity contribution in [3.63, 3.8) is 0 Å². The van der Waals surface area contributed by atoms with Crippen molar-refractivity contribution in [3.05, 3.63) is 52.2 Å². The van der Waals surface area contributed by atoms with E-state index in [0.717, 1.165) is 31.9 Å². The van der Waals surface area contributed by atoms with Crippen LogP contribution in [0.5, 0.6) is 11.5 Å². The van der Waals surface area contributed by atoms with Gasteiger partial charge in [-0.25, -0.2) is 0 Å². The lowest BCUT2D eigenvalue weighted by Gasteiger charge is -2.34. The summed E-state index contributed by atoms with van der Waals surface area (Å²) in [6.07, 6.45) is 3.41. The van der Waals surface area contributed by atoms with Gasteiger partial charge in [0, 0.05) is 30.6 Å². The molecule has 3 rings (SSSR count). The van der Waals surface area contributed by atoms with Crippen LogP contribution < -0.4 is 14.8 Å². The van der Waals surface area contributed by atoms with Gasteiger partial charge in [0.2, 0.25) is 5.91 Å². The molecule has 1 aromatic carbocycles. The molecule has 1 aliphatic heterocycles. The smallest absolute Gasteiger partial charge is 0.244 e. The molecular weight excluding hydrogens is 400 g/mol. The average molecular weight is 431 g/mol. The van der Waals surface area contributed by atoms with Crippen molar-refractivity contribution in [1.82, 2.24) is 10.2 Å². The number of benzene rings is 1. The molecule has 6 nitrogen and oxygen atoms in total. The third-order valence-corrected chi connectivity index (χ3v) is 5.78. The van der Waals surface area contributed by atoms with Crippen LogP contribution in [0.3, 0.4) is 0 Å². The summed E-state index contributed by atoms with van der Waals surface area (Å²) >= 11 is 1.72. The molecule has 1 unspecified atom stereocenters. The Bertz CT molecular complexity index is 830. The lowest BCUT2D eigenvalue weighted by Crippen LogP contribution is -2.43. The Labute approximate surface area is 182 Å². The minimum absolute atomic E-state index is 0.0637. The predicted molar refractivity (Wildman–Crippen MR) is 120 cm³/mol. The quantitative estimate of drug-likeness (QED) is 0.614. The van der Waals surface area contributed by atoms with E-state index in [9.17, 15) is 4.79 Å². The lowest BCUT2D eigenvalue weighted by atomic mass is 10.1. The standard InChI is InChI=1S/C23H30N2O4S/c1-17(2)29-20-8-6-18(15-21(20)27-3)7-9-23(26)24-16-19(22-5-4-14-30-22)25-10-12-28-13-11-25/h4-9,14-15,17,19H,10-13,16H2,1-3H3,(H,24,26). The van der Waals surface area contributed by atoms with Gasteiger partial charge in [0.15, 0.2) is 11.5 Å². The SMILES string of the molecule is COc1cc(C=CC(=O)NCC(c2cccs2)N2CCOCC2)ccc1OC(C)C. The molecule has 30 heavy (non-hydrogen) atoms. The van der Waals surface area contributed by atoms with Crippen LogP contribution in [0.1, 0.15) is 30.3 Å². The fourth-order valence-corrected chi connectivity index (χ4v) is 4.21. The Morgan fingerprint density at radius 3 is 2.73 bits per heavy atom. The summed E-state index contributed by atoms with van der Waals surface area (Å²) < 4.78 is 16.6. The van der Waals surface area contributed by atoms with Crippen LogP contribution in [-0.4, -0.2) is 56.9 Å². The van der Waals surface area contributed by atoms with E-state index in [1.807, 2.05) is 32.0 Å². The molecule has 1 aromatic heterocycles. The number of nitrogens with zero attached hydrogens (tertiary/aromatic N) is 1. The maximum Gasteiger partial charge on any atom is 0.244 e. The van der Waals surface area contributed by atoms with Crippen LogP contribution >= 0.6 is 11.3 Å². The van der Waals surface area contributed by atoms with Crippen LogP contribution in [-0.2, 0) is 9.53 Å². The van der Waals surface area contributed by atoms with E-state index in [0.29, 0.717) is 18.0 Å². The number of amides is 1. The van der Waals surface area contributed by atoms with E-state index in [2.05, 4.69) is 27.7 Å². The maximum atomic E-state index is 12.4. The molecule has 1 amide bonds. The highest BCUT2D eigenvalue weighted by atomic mass is 32.1. The van der Waals surface area contributed by atoms with E-state index < -0.39 is 0 Å². The Hall–Kier alpha value is -2.35. The van der Waals surface area contributed by atoms with Crippen LogP contribution in [0.15, 0.2) is 41.8 Å². The lowest BCUT2D eigenvalue weighted by molar-refractivity contribution is -0.116. The molecule has 2 aromatic rings.